The SMILES string of the molecule is O=C(CSc1nnc(-c2ccc(Br)cc2)o1)NN(c1ccccc1)c1ccccc1. The number of thioether (sulfide) groups is 1. The number of nitrogens with one attached hydrogen (secondary N) is 1. The minimum Gasteiger partial charge on any atom is -0.411 e. The summed E-state index contributed by atoms with van der Waals surface area (Å²) in [6.07, 6.45) is 0. The van der Waals surface area contributed by atoms with Crippen LogP contribution < -0.4 is 10.4 Å². The Labute approximate surface area is 186 Å². The summed E-state index contributed by atoms with van der Waals surface area (Å²) in [5.41, 5.74) is 5.48. The number of hydrogen-bond donors (Lipinski definition) is 1. The van der Waals surface area contributed by atoms with E-state index in [1.165, 1.54) is 11.8 Å². The first-order chi connectivity index (χ1) is 14.7. The van der Waals surface area contributed by atoms with Crippen LogP contribution in [0.15, 0.2) is 99.0 Å². The standard InChI is InChI=1S/C22H17BrN4O2S/c23-17-13-11-16(12-14-17)21-24-25-22(29-21)30-15-20(28)26-27(18-7-3-1-4-8-18)19-9-5-2-6-10-19/h1-14H,15H2,(H,26,28). The van der Waals surface area contributed by atoms with Crippen molar-refractivity contribution in [2.45, 2.75) is 5.22 Å². The Hall–Kier alpha value is -3.10. The van der Waals surface area contributed by atoms with Crippen molar-refractivity contribution in [2.24, 2.45) is 0 Å². The fourth-order valence-corrected chi connectivity index (χ4v) is 3.51. The second-order valence-electron chi connectivity index (χ2n) is 6.21. The summed E-state index contributed by atoms with van der Waals surface area (Å²) < 4.78 is 6.64. The zero-order valence-electron chi connectivity index (χ0n) is 15.7. The van der Waals surface area contributed by atoms with Gasteiger partial charge >= 0.3 is 0 Å². The second kappa shape index (κ2) is 9.60. The third-order valence-electron chi connectivity index (χ3n) is 4.09. The highest BCUT2D eigenvalue weighted by molar-refractivity contribution is 9.10. The third kappa shape index (κ3) is 5.08. The number of anilines is 2. The summed E-state index contributed by atoms with van der Waals surface area (Å²) in [5, 5.41) is 10.2. The summed E-state index contributed by atoms with van der Waals surface area (Å²) in [4.78, 5) is 12.6. The van der Waals surface area contributed by atoms with Crippen molar-refractivity contribution in [1.82, 2.24) is 15.6 Å². The molecule has 3 aromatic carbocycles. The lowest BCUT2D eigenvalue weighted by Crippen LogP contribution is -2.39. The van der Waals surface area contributed by atoms with Crippen molar-refractivity contribution in [3.05, 3.63) is 89.4 Å². The van der Waals surface area contributed by atoms with Gasteiger partial charge < -0.3 is 4.42 Å². The van der Waals surface area contributed by atoms with Crippen LogP contribution in [0.5, 0.6) is 0 Å². The first-order valence-electron chi connectivity index (χ1n) is 9.11. The van der Waals surface area contributed by atoms with Crippen molar-refractivity contribution in [1.29, 1.82) is 0 Å². The van der Waals surface area contributed by atoms with E-state index >= 15 is 0 Å². The topological polar surface area (TPSA) is 71.3 Å². The Morgan fingerprint density at radius 3 is 2.10 bits per heavy atom. The van der Waals surface area contributed by atoms with Crippen LogP contribution in [0.1, 0.15) is 0 Å². The first-order valence-corrected chi connectivity index (χ1v) is 10.9. The molecule has 1 amide bonds. The number of hydrazine groups is 1. The molecule has 0 bridgehead atoms. The Kier molecular flexibility index (Phi) is 6.46. The number of carbonyl (C=O) groups is 1. The van der Waals surface area contributed by atoms with Crippen LogP contribution in [0.3, 0.4) is 0 Å². The quantitative estimate of drug-likeness (QED) is 0.279. The summed E-state index contributed by atoms with van der Waals surface area (Å²) in [7, 11) is 0. The normalized spacial score (nSPS) is 10.6. The Morgan fingerprint density at radius 1 is 0.900 bits per heavy atom. The molecular weight excluding hydrogens is 464 g/mol. The molecule has 30 heavy (non-hydrogen) atoms. The molecule has 4 aromatic rings. The number of carbonyl (C=O) groups excluding carboxylic acids is 1. The van der Waals surface area contributed by atoms with E-state index in [2.05, 4.69) is 31.6 Å². The van der Waals surface area contributed by atoms with Gasteiger partial charge in [-0.15, -0.1) is 10.2 Å². The lowest BCUT2D eigenvalue weighted by molar-refractivity contribution is -0.118. The number of halogens is 1. The number of hydrogen-bond acceptors (Lipinski definition) is 6. The van der Waals surface area contributed by atoms with Crippen molar-refractivity contribution in [2.75, 3.05) is 10.8 Å². The molecule has 0 aliphatic heterocycles. The summed E-state index contributed by atoms with van der Waals surface area (Å²) >= 11 is 4.59. The maximum atomic E-state index is 12.6. The Balaban J connectivity index is 1.41. The van der Waals surface area contributed by atoms with Gasteiger partial charge in [-0.25, -0.2) is 0 Å². The minimum absolute atomic E-state index is 0.137. The van der Waals surface area contributed by atoms with Crippen LogP contribution in [0.25, 0.3) is 11.5 Å². The molecule has 0 aliphatic carbocycles. The van der Waals surface area contributed by atoms with E-state index in [1.54, 1.807) is 5.01 Å². The molecule has 0 radical (unpaired) electrons. The molecule has 0 saturated carbocycles. The van der Waals surface area contributed by atoms with E-state index in [0.29, 0.717) is 11.1 Å². The van der Waals surface area contributed by atoms with Gasteiger partial charge in [0.1, 0.15) is 0 Å². The summed E-state index contributed by atoms with van der Waals surface area (Å²) in [5.74, 6) is 0.370. The molecule has 0 unspecified atom stereocenters. The van der Waals surface area contributed by atoms with Gasteiger partial charge in [-0.2, -0.15) is 0 Å². The zero-order chi connectivity index (χ0) is 20.8. The minimum atomic E-state index is -0.184. The molecule has 1 N–H and O–H groups in total. The van der Waals surface area contributed by atoms with Gasteiger partial charge in [-0.1, -0.05) is 64.1 Å². The number of nitrogens with zero attached hydrogens (tertiary/aromatic N) is 3. The average molecular weight is 481 g/mol. The maximum Gasteiger partial charge on any atom is 0.277 e. The number of amides is 1. The highest BCUT2D eigenvalue weighted by Crippen LogP contribution is 2.25. The fraction of sp³-hybridized carbons (Fsp3) is 0.0455. The molecule has 0 atom stereocenters. The van der Waals surface area contributed by atoms with E-state index in [9.17, 15) is 4.79 Å². The molecule has 0 fully saturated rings. The van der Waals surface area contributed by atoms with Crippen LogP contribution in [0, 0.1) is 0 Å². The highest BCUT2D eigenvalue weighted by atomic mass is 79.9. The number of aromatic nitrogens is 2. The predicted molar refractivity (Wildman–Crippen MR) is 121 cm³/mol. The van der Waals surface area contributed by atoms with Crippen molar-refractivity contribution < 1.29 is 9.21 Å². The van der Waals surface area contributed by atoms with E-state index in [0.717, 1.165) is 21.4 Å². The molecule has 0 aliphatic rings. The lowest BCUT2D eigenvalue weighted by atomic mass is 10.2. The molecule has 8 heteroatoms. The number of rotatable bonds is 7. The van der Waals surface area contributed by atoms with Crippen molar-refractivity contribution >= 4 is 45.0 Å². The third-order valence-corrected chi connectivity index (χ3v) is 5.44. The van der Waals surface area contributed by atoms with E-state index in [-0.39, 0.29) is 11.7 Å². The molecule has 1 heterocycles. The van der Waals surface area contributed by atoms with Gasteiger partial charge in [-0.3, -0.25) is 15.2 Å². The summed E-state index contributed by atoms with van der Waals surface area (Å²) in [6.45, 7) is 0. The molecule has 0 saturated heterocycles. The lowest BCUT2D eigenvalue weighted by Gasteiger charge is -2.25. The molecule has 6 nitrogen and oxygen atoms in total. The Bertz CT molecular complexity index is 1070. The smallest absolute Gasteiger partial charge is 0.277 e. The van der Waals surface area contributed by atoms with Crippen LogP contribution in [0.2, 0.25) is 0 Å². The molecule has 150 valence electrons. The van der Waals surface area contributed by atoms with Gasteiger partial charge in [0.05, 0.1) is 17.1 Å². The van der Waals surface area contributed by atoms with Crippen molar-refractivity contribution in [3.63, 3.8) is 0 Å². The zero-order valence-corrected chi connectivity index (χ0v) is 18.1. The fourth-order valence-electron chi connectivity index (χ4n) is 2.69. The summed E-state index contributed by atoms with van der Waals surface area (Å²) in [6, 6.07) is 26.9. The van der Waals surface area contributed by atoms with Gasteiger partial charge in [0, 0.05) is 10.0 Å². The largest absolute Gasteiger partial charge is 0.411 e. The van der Waals surface area contributed by atoms with E-state index < -0.39 is 0 Å². The van der Waals surface area contributed by atoms with E-state index in [4.69, 9.17) is 4.42 Å². The number of para-hydroxylation sites is 2. The van der Waals surface area contributed by atoms with Gasteiger partial charge in [0.15, 0.2) is 0 Å². The molecule has 0 spiro atoms. The first kappa shape index (κ1) is 20.2. The van der Waals surface area contributed by atoms with Gasteiger partial charge in [0.25, 0.3) is 5.22 Å². The van der Waals surface area contributed by atoms with Crippen LogP contribution in [0.4, 0.5) is 11.4 Å². The van der Waals surface area contributed by atoms with Crippen LogP contribution >= 0.6 is 27.7 Å². The maximum absolute atomic E-state index is 12.6. The van der Waals surface area contributed by atoms with Crippen LogP contribution in [-0.2, 0) is 4.79 Å². The monoisotopic (exact) mass is 480 g/mol. The predicted octanol–water partition coefficient (Wildman–Crippen LogP) is 5.46. The van der Waals surface area contributed by atoms with E-state index in [1.807, 2.05) is 84.9 Å². The molecular formula is C22H17BrN4O2S. The number of benzene rings is 3. The van der Waals surface area contributed by atoms with Crippen LogP contribution in [-0.4, -0.2) is 21.9 Å². The second-order valence-corrected chi connectivity index (χ2v) is 8.05. The average Bonchev–Trinajstić information content (AvgIpc) is 3.27. The Morgan fingerprint density at radius 2 is 1.50 bits per heavy atom. The molecule has 1 aromatic heterocycles. The van der Waals surface area contributed by atoms with Crippen molar-refractivity contribution in [3.8, 4) is 11.5 Å². The van der Waals surface area contributed by atoms with Gasteiger partial charge in [0.2, 0.25) is 11.8 Å². The highest BCUT2D eigenvalue weighted by Gasteiger charge is 2.15. The molecule has 4 rings (SSSR count). The van der Waals surface area contributed by atoms with Gasteiger partial charge in [-0.05, 0) is 48.5 Å².